The number of carboxylic acid groups (broad SMARTS) is 1. The van der Waals surface area contributed by atoms with Gasteiger partial charge in [0.05, 0.1) is 6.54 Å². The molecular formula is C8H16N2O4. The van der Waals surface area contributed by atoms with E-state index in [-0.39, 0.29) is 18.5 Å². The van der Waals surface area contributed by atoms with Crippen molar-refractivity contribution in [2.75, 3.05) is 6.54 Å². The summed E-state index contributed by atoms with van der Waals surface area (Å²) >= 11 is 0. The zero-order valence-electron chi connectivity index (χ0n) is 8.23. The molecule has 0 rings (SSSR count). The fourth-order valence-corrected chi connectivity index (χ4v) is 0.684. The Morgan fingerprint density at radius 3 is 2.29 bits per heavy atom. The number of aliphatic hydroxyl groups is 1. The van der Waals surface area contributed by atoms with E-state index in [4.69, 9.17) is 15.9 Å². The number of rotatable bonds is 5. The average molecular weight is 204 g/mol. The summed E-state index contributed by atoms with van der Waals surface area (Å²) in [4.78, 5) is 21.4. The largest absolute Gasteiger partial charge is 0.479 e. The minimum atomic E-state index is -1.57. The molecule has 0 aromatic carbocycles. The lowest BCUT2D eigenvalue weighted by Crippen LogP contribution is -2.43. The van der Waals surface area contributed by atoms with Crippen LogP contribution in [0.25, 0.3) is 0 Å². The highest BCUT2D eigenvalue weighted by atomic mass is 16.4. The maximum atomic E-state index is 11.2. The Kier molecular flexibility index (Phi) is 5.11. The topological polar surface area (TPSA) is 113 Å². The predicted octanol–water partition coefficient (Wildman–Crippen LogP) is -1.47. The molecule has 0 saturated carbocycles. The van der Waals surface area contributed by atoms with E-state index in [1.165, 1.54) is 0 Å². The van der Waals surface area contributed by atoms with Crippen molar-refractivity contribution in [2.24, 2.45) is 11.7 Å². The van der Waals surface area contributed by atoms with Gasteiger partial charge in [-0.3, -0.25) is 4.79 Å². The number of nitrogens with one attached hydrogen (secondary N) is 1. The summed E-state index contributed by atoms with van der Waals surface area (Å²) < 4.78 is 0. The number of hydrogen-bond donors (Lipinski definition) is 4. The molecule has 3 atom stereocenters. The van der Waals surface area contributed by atoms with Gasteiger partial charge in [-0.2, -0.15) is 0 Å². The van der Waals surface area contributed by atoms with Crippen LogP contribution in [0.5, 0.6) is 0 Å². The van der Waals surface area contributed by atoms with Gasteiger partial charge < -0.3 is 21.3 Å². The highest BCUT2D eigenvalue weighted by molar-refractivity contribution is 5.80. The molecule has 0 aliphatic heterocycles. The number of carbonyl (C=O) groups is 2. The Balaban J connectivity index is 3.91. The summed E-state index contributed by atoms with van der Waals surface area (Å²) in [7, 11) is 0. The molecule has 0 heterocycles. The van der Waals surface area contributed by atoms with Gasteiger partial charge in [0, 0.05) is 12.0 Å². The van der Waals surface area contributed by atoms with Crippen molar-refractivity contribution in [2.45, 2.75) is 26.0 Å². The van der Waals surface area contributed by atoms with Crippen LogP contribution in [0.15, 0.2) is 0 Å². The Hall–Kier alpha value is -1.14. The molecule has 1 amide bonds. The van der Waals surface area contributed by atoms with Crippen LogP contribution >= 0.6 is 0 Å². The van der Waals surface area contributed by atoms with Crippen LogP contribution in [0.3, 0.4) is 0 Å². The van der Waals surface area contributed by atoms with Gasteiger partial charge in [-0.25, -0.2) is 4.79 Å². The van der Waals surface area contributed by atoms with Gasteiger partial charge in [0.2, 0.25) is 5.91 Å². The average Bonchev–Trinajstić information content (AvgIpc) is 2.11. The fraction of sp³-hybridized carbons (Fsp3) is 0.750. The van der Waals surface area contributed by atoms with Gasteiger partial charge in [-0.05, 0) is 6.92 Å². The molecule has 6 nitrogen and oxygen atoms in total. The van der Waals surface area contributed by atoms with E-state index in [0.29, 0.717) is 0 Å². The van der Waals surface area contributed by atoms with Crippen LogP contribution in [0, 0.1) is 5.92 Å². The van der Waals surface area contributed by atoms with Crippen molar-refractivity contribution < 1.29 is 19.8 Å². The van der Waals surface area contributed by atoms with Crippen molar-refractivity contribution in [3.63, 3.8) is 0 Å². The normalized spacial score (nSPS) is 16.9. The first-order valence-corrected chi connectivity index (χ1v) is 4.30. The third-order valence-corrected chi connectivity index (χ3v) is 1.96. The highest BCUT2D eigenvalue weighted by Gasteiger charge is 2.19. The van der Waals surface area contributed by atoms with Crippen LogP contribution in [0.1, 0.15) is 13.8 Å². The molecule has 82 valence electrons. The van der Waals surface area contributed by atoms with Gasteiger partial charge in [0.1, 0.15) is 0 Å². The van der Waals surface area contributed by atoms with Crippen LogP contribution in [-0.2, 0) is 9.59 Å². The van der Waals surface area contributed by atoms with Gasteiger partial charge >= 0.3 is 5.97 Å². The quantitative estimate of drug-likeness (QED) is 0.437. The maximum absolute atomic E-state index is 11.2. The maximum Gasteiger partial charge on any atom is 0.334 e. The number of aliphatic hydroxyl groups excluding tert-OH is 1. The predicted molar refractivity (Wildman–Crippen MR) is 49.5 cm³/mol. The first kappa shape index (κ1) is 12.9. The molecule has 14 heavy (non-hydrogen) atoms. The molecule has 0 bridgehead atoms. The van der Waals surface area contributed by atoms with E-state index in [1.807, 2.05) is 0 Å². The van der Waals surface area contributed by atoms with Gasteiger partial charge in [0.25, 0.3) is 0 Å². The fourth-order valence-electron chi connectivity index (χ4n) is 0.684. The van der Waals surface area contributed by atoms with E-state index in [9.17, 15) is 9.59 Å². The molecule has 0 saturated heterocycles. The molecule has 0 aromatic heterocycles. The summed E-state index contributed by atoms with van der Waals surface area (Å²) in [5.41, 5.74) is 5.46. The molecule has 0 aromatic rings. The number of nitrogens with two attached hydrogens (primary N) is 1. The lowest BCUT2D eigenvalue weighted by atomic mass is 10.0. The van der Waals surface area contributed by atoms with Gasteiger partial charge in [-0.1, -0.05) is 6.92 Å². The Bertz CT molecular complexity index is 217. The zero-order chi connectivity index (χ0) is 11.3. The first-order chi connectivity index (χ1) is 6.36. The SMILES string of the molecule is CC(N)C(C)C(=O)NCC(O)C(=O)O. The molecule has 3 unspecified atom stereocenters. The summed E-state index contributed by atoms with van der Waals surface area (Å²) in [6.07, 6.45) is -1.57. The highest BCUT2D eigenvalue weighted by Crippen LogP contribution is 1.98. The molecule has 0 aliphatic carbocycles. The van der Waals surface area contributed by atoms with Crippen LogP contribution in [0.2, 0.25) is 0 Å². The number of aliphatic carboxylic acids is 1. The number of amides is 1. The Morgan fingerprint density at radius 2 is 1.93 bits per heavy atom. The first-order valence-electron chi connectivity index (χ1n) is 4.30. The van der Waals surface area contributed by atoms with Crippen LogP contribution in [0.4, 0.5) is 0 Å². The molecular weight excluding hydrogens is 188 g/mol. The van der Waals surface area contributed by atoms with Crippen LogP contribution in [-0.4, -0.2) is 40.8 Å². The van der Waals surface area contributed by atoms with Crippen LogP contribution < -0.4 is 11.1 Å². The van der Waals surface area contributed by atoms with E-state index >= 15 is 0 Å². The lowest BCUT2D eigenvalue weighted by molar-refractivity contribution is -0.146. The summed E-state index contributed by atoms with van der Waals surface area (Å²) in [5, 5.41) is 19.5. The third-order valence-electron chi connectivity index (χ3n) is 1.96. The number of hydrogen-bond acceptors (Lipinski definition) is 4. The molecule has 0 fully saturated rings. The molecule has 6 heteroatoms. The van der Waals surface area contributed by atoms with E-state index in [1.54, 1.807) is 13.8 Å². The van der Waals surface area contributed by atoms with E-state index in [2.05, 4.69) is 5.32 Å². The second kappa shape index (κ2) is 5.56. The Labute approximate surface area is 82.1 Å². The second-order valence-corrected chi connectivity index (χ2v) is 3.25. The zero-order valence-corrected chi connectivity index (χ0v) is 8.23. The van der Waals surface area contributed by atoms with Crippen molar-refractivity contribution in [1.82, 2.24) is 5.32 Å². The Morgan fingerprint density at radius 1 is 1.43 bits per heavy atom. The van der Waals surface area contributed by atoms with Crippen molar-refractivity contribution in [1.29, 1.82) is 0 Å². The van der Waals surface area contributed by atoms with E-state index in [0.717, 1.165) is 0 Å². The molecule has 0 spiro atoms. The van der Waals surface area contributed by atoms with Gasteiger partial charge in [-0.15, -0.1) is 0 Å². The minimum absolute atomic E-state index is 0.300. The molecule has 0 radical (unpaired) electrons. The monoisotopic (exact) mass is 204 g/mol. The lowest BCUT2D eigenvalue weighted by Gasteiger charge is -2.15. The third kappa shape index (κ3) is 4.20. The standard InChI is InChI=1S/C8H16N2O4/c1-4(5(2)9)7(12)10-3-6(11)8(13)14/h4-6,11H,3,9H2,1-2H3,(H,10,12)(H,13,14). The summed E-state index contributed by atoms with van der Waals surface area (Å²) in [6.45, 7) is 3.01. The van der Waals surface area contributed by atoms with E-state index < -0.39 is 18.0 Å². The molecule has 0 aliphatic rings. The second-order valence-electron chi connectivity index (χ2n) is 3.25. The molecule has 5 N–H and O–H groups in total. The summed E-state index contributed by atoms with van der Waals surface area (Å²) in [6, 6.07) is -0.308. The summed E-state index contributed by atoms with van der Waals surface area (Å²) in [5.74, 6) is -2.13. The number of carboxylic acids is 1. The number of carbonyl (C=O) groups excluding carboxylic acids is 1. The van der Waals surface area contributed by atoms with Crippen molar-refractivity contribution >= 4 is 11.9 Å². The van der Waals surface area contributed by atoms with Crippen molar-refractivity contribution in [3.8, 4) is 0 Å². The van der Waals surface area contributed by atoms with Gasteiger partial charge in [0.15, 0.2) is 6.10 Å². The van der Waals surface area contributed by atoms with Crippen molar-refractivity contribution in [3.05, 3.63) is 0 Å². The smallest absolute Gasteiger partial charge is 0.334 e. The minimum Gasteiger partial charge on any atom is -0.479 e.